The minimum absolute atomic E-state index is 0.430. The average molecular weight is 246 g/mol. The number of benzene rings is 1. The zero-order valence-electron chi connectivity index (χ0n) is 10.9. The minimum Gasteiger partial charge on any atom is -0.497 e. The summed E-state index contributed by atoms with van der Waals surface area (Å²) in [6.07, 6.45) is 6.20. The van der Waals surface area contributed by atoms with Crippen molar-refractivity contribution < 1.29 is 14.6 Å². The van der Waals surface area contributed by atoms with Crippen LogP contribution in [0.2, 0.25) is 0 Å². The lowest BCUT2D eigenvalue weighted by molar-refractivity contribution is 0.230. The number of hydrogen-bond acceptors (Lipinski definition) is 3. The molecule has 0 aliphatic rings. The van der Waals surface area contributed by atoms with E-state index in [0.717, 1.165) is 5.57 Å². The molecule has 0 bridgehead atoms. The highest BCUT2D eigenvalue weighted by Crippen LogP contribution is 2.29. The molecule has 0 saturated carbocycles. The Morgan fingerprint density at radius 2 is 2.22 bits per heavy atom. The lowest BCUT2D eigenvalue weighted by atomic mass is 10.1. The summed E-state index contributed by atoms with van der Waals surface area (Å²) in [5.74, 6) is 3.48. The standard InChI is InChI=1S/C15H18O3/c1-5-14(16)13-7-6-12(17-4)10-15(13)18-9-8-11(2)3/h1,6-8,10,14,16H,9H2,2-4H3. The number of aliphatic hydroxyl groups excluding tert-OH is 1. The van der Waals surface area contributed by atoms with Crippen LogP contribution in [0.25, 0.3) is 0 Å². The van der Waals surface area contributed by atoms with Crippen molar-refractivity contribution in [2.45, 2.75) is 20.0 Å². The van der Waals surface area contributed by atoms with Gasteiger partial charge in [-0.3, -0.25) is 0 Å². The fourth-order valence-electron chi connectivity index (χ4n) is 1.38. The van der Waals surface area contributed by atoms with Gasteiger partial charge in [0.1, 0.15) is 24.2 Å². The van der Waals surface area contributed by atoms with Gasteiger partial charge < -0.3 is 14.6 Å². The number of aliphatic hydroxyl groups is 1. The molecule has 0 aliphatic carbocycles. The van der Waals surface area contributed by atoms with E-state index in [0.29, 0.717) is 23.7 Å². The fourth-order valence-corrected chi connectivity index (χ4v) is 1.38. The van der Waals surface area contributed by atoms with Crippen LogP contribution in [0.3, 0.4) is 0 Å². The summed E-state index contributed by atoms with van der Waals surface area (Å²) in [6, 6.07) is 5.17. The van der Waals surface area contributed by atoms with Gasteiger partial charge in [0.25, 0.3) is 0 Å². The van der Waals surface area contributed by atoms with E-state index in [1.54, 1.807) is 25.3 Å². The van der Waals surface area contributed by atoms with Crippen molar-refractivity contribution in [2.75, 3.05) is 13.7 Å². The lowest BCUT2D eigenvalue weighted by Gasteiger charge is -2.13. The van der Waals surface area contributed by atoms with Crippen LogP contribution in [0.4, 0.5) is 0 Å². The van der Waals surface area contributed by atoms with E-state index in [-0.39, 0.29) is 0 Å². The van der Waals surface area contributed by atoms with Gasteiger partial charge in [-0.2, -0.15) is 0 Å². The molecular formula is C15H18O3. The summed E-state index contributed by atoms with van der Waals surface area (Å²) < 4.78 is 10.7. The molecule has 18 heavy (non-hydrogen) atoms. The van der Waals surface area contributed by atoms with Crippen LogP contribution in [0.5, 0.6) is 11.5 Å². The van der Waals surface area contributed by atoms with E-state index in [4.69, 9.17) is 15.9 Å². The number of methoxy groups -OCH3 is 1. The molecule has 1 rings (SSSR count). The number of hydrogen-bond donors (Lipinski definition) is 1. The SMILES string of the molecule is C#CC(O)c1ccc(OC)cc1OCC=C(C)C. The Balaban J connectivity index is 2.97. The molecule has 1 N–H and O–H groups in total. The van der Waals surface area contributed by atoms with Crippen LogP contribution in [-0.2, 0) is 0 Å². The Hall–Kier alpha value is -1.92. The molecule has 0 amide bonds. The van der Waals surface area contributed by atoms with E-state index in [1.165, 1.54) is 0 Å². The Labute approximate surface area is 108 Å². The third-order valence-electron chi connectivity index (χ3n) is 2.40. The monoisotopic (exact) mass is 246 g/mol. The summed E-state index contributed by atoms with van der Waals surface area (Å²) in [5, 5.41) is 9.71. The lowest BCUT2D eigenvalue weighted by Crippen LogP contribution is -2.02. The maximum Gasteiger partial charge on any atom is 0.143 e. The fraction of sp³-hybridized carbons (Fsp3) is 0.333. The van der Waals surface area contributed by atoms with Crippen molar-refractivity contribution in [3.05, 3.63) is 35.4 Å². The molecule has 1 atom stereocenters. The van der Waals surface area contributed by atoms with Crippen molar-refractivity contribution in [2.24, 2.45) is 0 Å². The summed E-state index contributed by atoms with van der Waals surface area (Å²) in [4.78, 5) is 0. The highest BCUT2D eigenvalue weighted by molar-refractivity contribution is 5.44. The summed E-state index contributed by atoms with van der Waals surface area (Å²) in [5.41, 5.74) is 1.73. The zero-order valence-corrected chi connectivity index (χ0v) is 10.9. The van der Waals surface area contributed by atoms with Gasteiger partial charge in [0, 0.05) is 11.6 Å². The van der Waals surface area contributed by atoms with Crippen LogP contribution in [0.1, 0.15) is 25.5 Å². The van der Waals surface area contributed by atoms with Gasteiger partial charge in [-0.05, 0) is 32.1 Å². The Kier molecular flexibility index (Phi) is 5.29. The number of rotatable bonds is 5. The molecule has 0 aliphatic heterocycles. The topological polar surface area (TPSA) is 38.7 Å². The number of allylic oxidation sites excluding steroid dienone is 1. The molecule has 3 heteroatoms. The van der Waals surface area contributed by atoms with Crippen LogP contribution >= 0.6 is 0 Å². The van der Waals surface area contributed by atoms with Crippen LogP contribution in [0.15, 0.2) is 29.8 Å². The van der Waals surface area contributed by atoms with Gasteiger partial charge in [-0.25, -0.2) is 0 Å². The molecular weight excluding hydrogens is 228 g/mol. The summed E-state index contributed by atoms with van der Waals surface area (Å²) in [6.45, 7) is 4.41. The molecule has 1 aromatic rings. The first-order chi connectivity index (χ1) is 8.58. The number of terminal acetylenes is 1. The Morgan fingerprint density at radius 3 is 2.78 bits per heavy atom. The third kappa shape index (κ3) is 3.83. The molecule has 0 radical (unpaired) electrons. The quantitative estimate of drug-likeness (QED) is 0.641. The smallest absolute Gasteiger partial charge is 0.143 e. The maximum atomic E-state index is 9.71. The second-order valence-corrected chi connectivity index (χ2v) is 4.07. The predicted molar refractivity (Wildman–Crippen MR) is 71.7 cm³/mol. The van der Waals surface area contributed by atoms with E-state index in [1.807, 2.05) is 19.9 Å². The van der Waals surface area contributed by atoms with Crippen molar-refractivity contribution in [3.8, 4) is 23.8 Å². The van der Waals surface area contributed by atoms with Crippen LogP contribution < -0.4 is 9.47 Å². The van der Waals surface area contributed by atoms with E-state index in [9.17, 15) is 5.11 Å². The van der Waals surface area contributed by atoms with E-state index in [2.05, 4.69) is 5.92 Å². The maximum absolute atomic E-state index is 9.71. The second-order valence-electron chi connectivity index (χ2n) is 4.07. The highest BCUT2D eigenvalue weighted by atomic mass is 16.5. The van der Waals surface area contributed by atoms with Crippen LogP contribution in [-0.4, -0.2) is 18.8 Å². The second kappa shape index (κ2) is 6.73. The molecule has 96 valence electrons. The molecule has 3 nitrogen and oxygen atoms in total. The van der Waals surface area contributed by atoms with Gasteiger partial charge in [0.15, 0.2) is 0 Å². The molecule has 0 fully saturated rings. The molecule has 0 spiro atoms. The third-order valence-corrected chi connectivity index (χ3v) is 2.40. The average Bonchev–Trinajstić information content (AvgIpc) is 2.37. The van der Waals surface area contributed by atoms with Crippen LogP contribution in [0, 0.1) is 12.3 Å². The van der Waals surface area contributed by atoms with Gasteiger partial charge >= 0.3 is 0 Å². The van der Waals surface area contributed by atoms with Gasteiger partial charge in [-0.1, -0.05) is 11.5 Å². The zero-order chi connectivity index (χ0) is 13.5. The van der Waals surface area contributed by atoms with Gasteiger partial charge in [0.05, 0.1) is 7.11 Å². The molecule has 1 aromatic carbocycles. The van der Waals surface area contributed by atoms with Crippen molar-refractivity contribution in [1.82, 2.24) is 0 Å². The summed E-state index contributed by atoms with van der Waals surface area (Å²) in [7, 11) is 1.58. The van der Waals surface area contributed by atoms with Gasteiger partial charge in [0.2, 0.25) is 0 Å². The molecule has 1 unspecified atom stereocenters. The first kappa shape index (κ1) is 14.1. The normalized spacial score (nSPS) is 11.3. The number of ether oxygens (including phenoxy) is 2. The molecule has 0 saturated heterocycles. The van der Waals surface area contributed by atoms with Crippen molar-refractivity contribution in [3.63, 3.8) is 0 Å². The molecule has 0 aromatic heterocycles. The van der Waals surface area contributed by atoms with E-state index >= 15 is 0 Å². The first-order valence-electron chi connectivity index (χ1n) is 5.66. The van der Waals surface area contributed by atoms with Crippen molar-refractivity contribution in [1.29, 1.82) is 0 Å². The molecule has 0 heterocycles. The summed E-state index contributed by atoms with van der Waals surface area (Å²) >= 11 is 0. The largest absolute Gasteiger partial charge is 0.497 e. The van der Waals surface area contributed by atoms with Crippen molar-refractivity contribution >= 4 is 0 Å². The Bertz CT molecular complexity index is 465. The predicted octanol–water partition coefficient (Wildman–Crippen LogP) is 2.71. The Morgan fingerprint density at radius 1 is 1.50 bits per heavy atom. The first-order valence-corrected chi connectivity index (χ1v) is 5.66. The minimum atomic E-state index is -0.974. The van der Waals surface area contributed by atoms with E-state index < -0.39 is 6.10 Å². The highest BCUT2D eigenvalue weighted by Gasteiger charge is 2.12. The van der Waals surface area contributed by atoms with Gasteiger partial charge in [-0.15, -0.1) is 6.42 Å².